The third-order valence-electron chi connectivity index (χ3n) is 1.46. The van der Waals surface area contributed by atoms with E-state index in [4.69, 9.17) is 4.74 Å². The minimum absolute atomic E-state index is 0.521. The Kier molecular flexibility index (Phi) is 2.53. The molecule has 1 aliphatic heterocycles. The highest BCUT2D eigenvalue weighted by Crippen LogP contribution is 2.25. The van der Waals surface area contributed by atoms with Crippen LogP contribution in [0.4, 0.5) is 0 Å². The van der Waals surface area contributed by atoms with Gasteiger partial charge in [-0.3, -0.25) is 0 Å². The first-order chi connectivity index (χ1) is 4.20. The second-order valence-electron chi connectivity index (χ2n) is 3.02. The fourth-order valence-electron chi connectivity index (χ4n) is 0.866. The quantitative estimate of drug-likeness (QED) is 0.494. The van der Waals surface area contributed by atoms with Gasteiger partial charge in [-0.25, -0.2) is 0 Å². The van der Waals surface area contributed by atoms with Gasteiger partial charge in [-0.1, -0.05) is 29.8 Å². The third kappa shape index (κ3) is 2.67. The second kappa shape index (κ2) is 3.02. The number of ether oxygens (including phenoxy) is 1. The van der Waals surface area contributed by atoms with Gasteiger partial charge in [0.15, 0.2) is 0 Å². The van der Waals surface area contributed by atoms with Crippen LogP contribution in [0.3, 0.4) is 0 Å². The summed E-state index contributed by atoms with van der Waals surface area (Å²) in [4.78, 5) is 0.595. The average molecular weight is 193 g/mol. The van der Waals surface area contributed by atoms with Crippen LogP contribution < -0.4 is 0 Å². The first-order valence-electron chi connectivity index (χ1n) is 3.46. The van der Waals surface area contributed by atoms with E-state index in [2.05, 4.69) is 29.8 Å². The van der Waals surface area contributed by atoms with Gasteiger partial charge >= 0.3 is 0 Å². The van der Waals surface area contributed by atoms with Gasteiger partial charge in [-0.2, -0.15) is 0 Å². The molecule has 1 aliphatic rings. The van der Waals surface area contributed by atoms with E-state index in [0.717, 1.165) is 12.5 Å². The zero-order chi connectivity index (χ0) is 6.85. The van der Waals surface area contributed by atoms with Crippen molar-refractivity contribution in [2.45, 2.75) is 31.2 Å². The molecule has 0 spiro atoms. The number of hydrogen-bond acceptors (Lipinski definition) is 1. The molecule has 0 amide bonds. The summed E-state index contributed by atoms with van der Waals surface area (Å²) in [6.07, 6.45) is 1.75. The molecule has 2 unspecified atom stereocenters. The molecule has 1 nitrogen and oxygen atoms in total. The van der Waals surface area contributed by atoms with Crippen molar-refractivity contribution in [3.63, 3.8) is 0 Å². The Morgan fingerprint density at radius 2 is 2.22 bits per heavy atom. The Morgan fingerprint density at radius 3 is 2.56 bits per heavy atom. The fraction of sp³-hybridized carbons (Fsp3) is 1.00. The van der Waals surface area contributed by atoms with Crippen LogP contribution in [0, 0.1) is 5.92 Å². The summed E-state index contributed by atoms with van der Waals surface area (Å²) in [6.45, 7) is 5.43. The lowest BCUT2D eigenvalue weighted by atomic mass is 10.1. The number of hydrogen-bond donors (Lipinski definition) is 0. The van der Waals surface area contributed by atoms with E-state index in [9.17, 15) is 0 Å². The van der Waals surface area contributed by atoms with Crippen LogP contribution in [0.2, 0.25) is 0 Å². The lowest BCUT2D eigenvalue weighted by Crippen LogP contribution is -2.09. The molecular formula is C7H13BrO. The maximum atomic E-state index is 5.12. The molecule has 0 saturated carbocycles. The zero-order valence-corrected chi connectivity index (χ0v) is 7.52. The highest BCUT2D eigenvalue weighted by Gasteiger charge is 2.30. The molecule has 1 rings (SSSR count). The Bertz CT molecular complexity index is 88.9. The summed E-state index contributed by atoms with van der Waals surface area (Å²) in [5.41, 5.74) is 0. The highest BCUT2D eigenvalue weighted by atomic mass is 79.9. The molecule has 0 aromatic heterocycles. The van der Waals surface area contributed by atoms with Crippen molar-refractivity contribution in [2.75, 3.05) is 6.61 Å². The molecule has 0 aromatic rings. The highest BCUT2D eigenvalue weighted by molar-refractivity contribution is 9.09. The third-order valence-corrected chi connectivity index (χ3v) is 2.42. The second-order valence-corrected chi connectivity index (χ2v) is 4.19. The molecule has 54 valence electrons. The fourth-order valence-corrected chi connectivity index (χ4v) is 1.92. The van der Waals surface area contributed by atoms with E-state index in [0.29, 0.717) is 10.9 Å². The number of halogens is 1. The molecular weight excluding hydrogens is 180 g/mol. The van der Waals surface area contributed by atoms with Gasteiger partial charge in [0, 0.05) is 4.83 Å². The molecule has 0 bridgehead atoms. The summed E-state index contributed by atoms with van der Waals surface area (Å²) in [5.74, 6) is 0.776. The molecule has 0 aliphatic carbocycles. The van der Waals surface area contributed by atoms with E-state index in [1.807, 2.05) is 0 Å². The van der Waals surface area contributed by atoms with Gasteiger partial charge in [0.1, 0.15) is 0 Å². The van der Waals surface area contributed by atoms with Gasteiger partial charge in [0.05, 0.1) is 12.7 Å². The van der Waals surface area contributed by atoms with E-state index in [1.165, 1.54) is 6.42 Å². The summed E-state index contributed by atoms with van der Waals surface area (Å²) in [7, 11) is 0. The lowest BCUT2D eigenvalue weighted by molar-refractivity contribution is 0.387. The predicted molar refractivity (Wildman–Crippen MR) is 41.9 cm³/mol. The van der Waals surface area contributed by atoms with Crippen molar-refractivity contribution < 1.29 is 4.74 Å². The lowest BCUT2D eigenvalue weighted by Gasteiger charge is -2.07. The largest absolute Gasteiger partial charge is 0.372 e. The first-order valence-corrected chi connectivity index (χ1v) is 4.37. The first kappa shape index (κ1) is 7.55. The minimum atomic E-state index is 0.521. The average Bonchev–Trinajstić information content (AvgIpc) is 2.40. The van der Waals surface area contributed by atoms with E-state index in [-0.39, 0.29) is 0 Å². The van der Waals surface area contributed by atoms with Crippen molar-refractivity contribution in [1.29, 1.82) is 0 Å². The SMILES string of the molecule is CC(C)CC(Br)C1CO1. The summed E-state index contributed by atoms with van der Waals surface area (Å²) in [5, 5.41) is 0. The van der Waals surface area contributed by atoms with Crippen molar-refractivity contribution in [3.8, 4) is 0 Å². The molecule has 2 heteroatoms. The van der Waals surface area contributed by atoms with Gasteiger partial charge in [0.2, 0.25) is 0 Å². The molecule has 9 heavy (non-hydrogen) atoms. The van der Waals surface area contributed by atoms with Crippen LogP contribution in [0.25, 0.3) is 0 Å². The summed E-state index contributed by atoms with van der Waals surface area (Å²) in [6, 6.07) is 0. The molecule has 1 fully saturated rings. The van der Waals surface area contributed by atoms with Crippen LogP contribution in [0.15, 0.2) is 0 Å². The summed E-state index contributed by atoms with van der Waals surface area (Å²) >= 11 is 3.58. The maximum absolute atomic E-state index is 5.12. The zero-order valence-electron chi connectivity index (χ0n) is 5.93. The van der Waals surface area contributed by atoms with Gasteiger partial charge < -0.3 is 4.74 Å². The Morgan fingerprint density at radius 1 is 1.67 bits per heavy atom. The smallest absolute Gasteiger partial charge is 0.0934 e. The van der Waals surface area contributed by atoms with Crippen LogP contribution in [0.1, 0.15) is 20.3 Å². The molecule has 2 atom stereocenters. The van der Waals surface area contributed by atoms with Crippen LogP contribution in [0.5, 0.6) is 0 Å². The number of epoxide rings is 1. The van der Waals surface area contributed by atoms with Gasteiger partial charge in [-0.05, 0) is 12.3 Å². The van der Waals surface area contributed by atoms with Crippen LogP contribution >= 0.6 is 15.9 Å². The monoisotopic (exact) mass is 192 g/mol. The Labute approximate surface area is 64.9 Å². The molecule has 1 heterocycles. The van der Waals surface area contributed by atoms with E-state index < -0.39 is 0 Å². The minimum Gasteiger partial charge on any atom is -0.372 e. The summed E-state index contributed by atoms with van der Waals surface area (Å²) < 4.78 is 5.12. The normalized spacial score (nSPS) is 28.7. The van der Waals surface area contributed by atoms with Crippen molar-refractivity contribution >= 4 is 15.9 Å². The van der Waals surface area contributed by atoms with Gasteiger partial charge in [-0.15, -0.1) is 0 Å². The molecule has 0 N–H and O–H groups in total. The molecule has 1 saturated heterocycles. The van der Waals surface area contributed by atoms with Crippen molar-refractivity contribution in [1.82, 2.24) is 0 Å². The maximum Gasteiger partial charge on any atom is 0.0934 e. The predicted octanol–water partition coefficient (Wildman–Crippen LogP) is 2.19. The van der Waals surface area contributed by atoms with Crippen molar-refractivity contribution in [2.24, 2.45) is 5.92 Å². The van der Waals surface area contributed by atoms with E-state index in [1.54, 1.807) is 0 Å². The number of rotatable bonds is 3. The van der Waals surface area contributed by atoms with Crippen molar-refractivity contribution in [3.05, 3.63) is 0 Å². The molecule has 0 radical (unpaired) electrons. The topological polar surface area (TPSA) is 12.5 Å². The molecule has 0 aromatic carbocycles. The Hall–Kier alpha value is 0.440. The Balaban J connectivity index is 2.10. The van der Waals surface area contributed by atoms with Crippen LogP contribution in [-0.2, 0) is 4.74 Å². The van der Waals surface area contributed by atoms with Gasteiger partial charge in [0.25, 0.3) is 0 Å². The standard InChI is InChI=1S/C7H13BrO/c1-5(2)3-6(8)7-4-9-7/h5-7H,3-4H2,1-2H3. The number of alkyl halides is 1. The van der Waals surface area contributed by atoms with Crippen LogP contribution in [-0.4, -0.2) is 17.5 Å². The van der Waals surface area contributed by atoms with E-state index >= 15 is 0 Å².